The molecule has 2 N–H and O–H groups in total. The van der Waals surface area contributed by atoms with Gasteiger partial charge in [0.1, 0.15) is 18.0 Å². The summed E-state index contributed by atoms with van der Waals surface area (Å²) in [5, 5.41) is 32.3. The molecule has 3 aliphatic rings. The molecule has 4 heterocycles. The van der Waals surface area contributed by atoms with Gasteiger partial charge in [0.05, 0.1) is 22.7 Å². The first-order chi connectivity index (χ1) is 16.8. The summed E-state index contributed by atoms with van der Waals surface area (Å²) in [6.45, 7) is 4.18. The van der Waals surface area contributed by atoms with Crippen LogP contribution in [0.4, 0.5) is 10.2 Å². The lowest BCUT2D eigenvalue weighted by Gasteiger charge is -2.48. The van der Waals surface area contributed by atoms with Gasteiger partial charge in [0, 0.05) is 23.3 Å². The topological polar surface area (TPSA) is 111 Å². The van der Waals surface area contributed by atoms with Crippen molar-refractivity contribution in [1.29, 1.82) is 5.26 Å². The van der Waals surface area contributed by atoms with E-state index in [1.807, 2.05) is 19.1 Å². The molecule has 180 valence electrons. The van der Waals surface area contributed by atoms with Crippen LogP contribution < -0.4 is 10.2 Å². The SMILES string of the molecule is C[C@@]12CC[C@@](C)(N1)[C@@H](F)[C@@H](N(c1cnc(-c3ccc(-c4cnc(C#N)s4)cc3O)nn1)C1CC1)C2. The number of hydrogen-bond donors (Lipinski definition) is 2. The number of halogens is 1. The Labute approximate surface area is 206 Å². The molecule has 3 fully saturated rings. The number of nitrogens with one attached hydrogen (secondary N) is 1. The second-order valence-electron chi connectivity index (χ2n) is 10.4. The maximum atomic E-state index is 15.8. The van der Waals surface area contributed by atoms with Crippen LogP contribution >= 0.6 is 11.3 Å². The number of benzene rings is 1. The Morgan fingerprint density at radius 1 is 1.20 bits per heavy atom. The number of aromatic hydroxyl groups is 1. The Balaban J connectivity index is 1.28. The van der Waals surface area contributed by atoms with Gasteiger partial charge in [-0.15, -0.1) is 21.5 Å². The predicted octanol–water partition coefficient (Wildman–Crippen LogP) is 4.22. The number of fused-ring (bicyclic) bond motifs is 2. The molecule has 0 spiro atoms. The average molecular weight is 492 g/mol. The van der Waals surface area contributed by atoms with E-state index >= 15 is 4.39 Å². The van der Waals surface area contributed by atoms with Crippen LogP contribution in [0.2, 0.25) is 0 Å². The highest BCUT2D eigenvalue weighted by atomic mass is 32.1. The van der Waals surface area contributed by atoms with Gasteiger partial charge in [-0.2, -0.15) is 5.26 Å². The number of nitriles is 1. The summed E-state index contributed by atoms with van der Waals surface area (Å²) in [6, 6.07) is 7.18. The second kappa shape index (κ2) is 7.93. The molecule has 1 aromatic carbocycles. The number of anilines is 1. The van der Waals surface area contributed by atoms with Gasteiger partial charge in [-0.1, -0.05) is 6.07 Å². The molecule has 0 radical (unpaired) electrons. The average Bonchev–Trinajstić information content (AvgIpc) is 3.48. The molecule has 8 nitrogen and oxygen atoms in total. The van der Waals surface area contributed by atoms with E-state index in [0.717, 1.165) is 42.5 Å². The van der Waals surface area contributed by atoms with Gasteiger partial charge in [0.2, 0.25) is 0 Å². The smallest absolute Gasteiger partial charge is 0.194 e. The molecular weight excluding hydrogens is 465 g/mol. The third-order valence-electron chi connectivity index (χ3n) is 7.63. The molecule has 6 rings (SSSR count). The van der Waals surface area contributed by atoms with Crippen LogP contribution in [0.25, 0.3) is 21.8 Å². The normalized spacial score (nSPS) is 29.7. The van der Waals surface area contributed by atoms with Gasteiger partial charge in [0.25, 0.3) is 0 Å². The molecule has 1 aliphatic carbocycles. The van der Waals surface area contributed by atoms with Crippen LogP contribution in [-0.4, -0.2) is 54.6 Å². The van der Waals surface area contributed by atoms with Crippen molar-refractivity contribution in [2.24, 2.45) is 0 Å². The molecule has 2 bridgehead atoms. The number of phenolic OH excluding ortho intramolecular Hbond substituents is 1. The number of phenols is 1. The second-order valence-corrected chi connectivity index (χ2v) is 11.5. The molecule has 10 heteroatoms. The molecular formula is C25H26FN7OS. The van der Waals surface area contributed by atoms with Crippen molar-refractivity contribution < 1.29 is 9.50 Å². The highest BCUT2D eigenvalue weighted by Crippen LogP contribution is 2.47. The summed E-state index contributed by atoms with van der Waals surface area (Å²) >= 11 is 1.26. The summed E-state index contributed by atoms with van der Waals surface area (Å²) in [6.07, 6.45) is 6.80. The first-order valence-electron chi connectivity index (χ1n) is 11.9. The Hall–Kier alpha value is -3.16. The minimum absolute atomic E-state index is 0.0163. The van der Waals surface area contributed by atoms with Crippen molar-refractivity contribution in [2.45, 2.75) is 75.3 Å². The lowest BCUT2D eigenvalue weighted by Crippen LogP contribution is -2.66. The standard InChI is InChI=1S/C25H26FN7OS/c1-24-7-8-25(2,32-24)22(26)17(10-24)33(15-4-5-15)20-13-29-23(31-30-20)16-6-3-14(9-18(16)34)19-12-28-21(11-27)35-19/h3,6,9,12-13,15,17,22,32,34H,4-5,7-8,10H2,1-2H3/t17-,22-,24-,25+/m0/s1. The number of nitrogens with zero attached hydrogens (tertiary/aromatic N) is 6. The molecule has 0 amide bonds. The van der Waals surface area contributed by atoms with Crippen molar-refractivity contribution >= 4 is 17.2 Å². The Morgan fingerprint density at radius 3 is 2.69 bits per heavy atom. The number of aromatic nitrogens is 4. The van der Waals surface area contributed by atoms with Gasteiger partial charge in [0.15, 0.2) is 16.6 Å². The van der Waals surface area contributed by atoms with Gasteiger partial charge in [-0.05, 0) is 63.6 Å². The van der Waals surface area contributed by atoms with Crippen LogP contribution in [0.5, 0.6) is 5.75 Å². The van der Waals surface area contributed by atoms with E-state index < -0.39 is 11.7 Å². The number of piperidine rings is 1. The fraction of sp³-hybridized carbons (Fsp3) is 0.480. The van der Waals surface area contributed by atoms with Gasteiger partial charge < -0.3 is 15.3 Å². The van der Waals surface area contributed by atoms with Crippen LogP contribution in [-0.2, 0) is 0 Å². The maximum Gasteiger partial charge on any atom is 0.194 e. The predicted molar refractivity (Wildman–Crippen MR) is 131 cm³/mol. The van der Waals surface area contributed by atoms with E-state index in [9.17, 15) is 5.11 Å². The van der Waals surface area contributed by atoms with Crippen LogP contribution in [0.1, 0.15) is 51.0 Å². The summed E-state index contributed by atoms with van der Waals surface area (Å²) in [5.74, 6) is 0.904. The summed E-state index contributed by atoms with van der Waals surface area (Å²) < 4.78 is 15.8. The fourth-order valence-corrected chi connectivity index (χ4v) is 6.47. The van der Waals surface area contributed by atoms with E-state index in [1.165, 1.54) is 11.3 Å². The highest BCUT2D eigenvalue weighted by molar-refractivity contribution is 7.15. The highest BCUT2D eigenvalue weighted by Gasteiger charge is 2.58. The zero-order valence-electron chi connectivity index (χ0n) is 19.6. The molecule has 0 unspecified atom stereocenters. The number of alkyl halides is 1. The summed E-state index contributed by atoms with van der Waals surface area (Å²) in [5.41, 5.74) is 0.617. The Morgan fingerprint density at radius 2 is 2.03 bits per heavy atom. The van der Waals surface area contributed by atoms with E-state index in [-0.39, 0.29) is 23.4 Å². The molecule has 1 saturated carbocycles. The lowest BCUT2D eigenvalue weighted by atomic mass is 9.82. The molecule has 4 atom stereocenters. The molecule has 2 aliphatic heterocycles. The Bertz CT molecular complexity index is 1320. The lowest BCUT2D eigenvalue weighted by molar-refractivity contribution is 0.0831. The largest absolute Gasteiger partial charge is 0.507 e. The van der Waals surface area contributed by atoms with E-state index in [1.54, 1.807) is 24.5 Å². The van der Waals surface area contributed by atoms with Crippen LogP contribution in [0.3, 0.4) is 0 Å². The molecule has 35 heavy (non-hydrogen) atoms. The Kier molecular flexibility index (Phi) is 5.06. The van der Waals surface area contributed by atoms with Gasteiger partial charge in [-0.25, -0.2) is 14.4 Å². The zero-order chi connectivity index (χ0) is 24.4. The van der Waals surface area contributed by atoms with E-state index in [0.29, 0.717) is 22.2 Å². The van der Waals surface area contributed by atoms with Crippen molar-refractivity contribution in [2.75, 3.05) is 4.90 Å². The van der Waals surface area contributed by atoms with E-state index in [2.05, 4.69) is 37.3 Å². The first-order valence-corrected chi connectivity index (χ1v) is 12.7. The minimum atomic E-state index is -1.01. The third-order valence-corrected chi connectivity index (χ3v) is 8.58. The zero-order valence-corrected chi connectivity index (χ0v) is 20.4. The molecule has 2 aromatic heterocycles. The van der Waals surface area contributed by atoms with Gasteiger partial charge in [-0.3, -0.25) is 0 Å². The number of rotatable bonds is 5. The van der Waals surface area contributed by atoms with Gasteiger partial charge >= 0.3 is 0 Å². The van der Waals surface area contributed by atoms with Crippen LogP contribution in [0.15, 0.2) is 30.6 Å². The molecule has 3 aromatic rings. The molecule has 2 saturated heterocycles. The maximum absolute atomic E-state index is 15.8. The minimum Gasteiger partial charge on any atom is -0.507 e. The van der Waals surface area contributed by atoms with Crippen LogP contribution in [0, 0.1) is 11.3 Å². The number of thiazole rings is 1. The summed E-state index contributed by atoms with van der Waals surface area (Å²) in [7, 11) is 0. The fourth-order valence-electron chi connectivity index (χ4n) is 5.76. The quantitative estimate of drug-likeness (QED) is 0.546. The number of hydrogen-bond acceptors (Lipinski definition) is 9. The van der Waals surface area contributed by atoms with Crippen molar-refractivity contribution in [3.8, 4) is 33.6 Å². The third kappa shape index (κ3) is 3.83. The monoisotopic (exact) mass is 491 g/mol. The van der Waals surface area contributed by atoms with Crippen molar-refractivity contribution in [3.05, 3.63) is 35.6 Å². The van der Waals surface area contributed by atoms with Crippen molar-refractivity contribution in [1.82, 2.24) is 25.5 Å². The summed E-state index contributed by atoms with van der Waals surface area (Å²) in [4.78, 5) is 11.4. The van der Waals surface area contributed by atoms with Crippen molar-refractivity contribution in [3.63, 3.8) is 0 Å². The van der Waals surface area contributed by atoms with E-state index in [4.69, 9.17) is 5.26 Å². The first kappa shape index (κ1) is 22.3.